The molecule has 0 atom stereocenters. The molecule has 0 saturated heterocycles. The maximum Gasteiger partial charge on any atom is 0.133 e. The minimum atomic E-state index is -0.256. The third-order valence-electron chi connectivity index (χ3n) is 4.34. The van der Waals surface area contributed by atoms with E-state index < -0.39 is 0 Å². The zero-order chi connectivity index (χ0) is 16.5. The van der Waals surface area contributed by atoms with Crippen molar-refractivity contribution in [3.05, 3.63) is 64.9 Å². The Bertz CT molecular complexity index is 818. The van der Waals surface area contributed by atoms with Crippen molar-refractivity contribution < 1.29 is 4.39 Å². The monoisotopic (exact) mass is 341 g/mol. The van der Waals surface area contributed by atoms with Crippen molar-refractivity contribution in [3.63, 3.8) is 0 Å². The van der Waals surface area contributed by atoms with E-state index in [9.17, 15) is 4.39 Å². The van der Waals surface area contributed by atoms with Gasteiger partial charge in [0.25, 0.3) is 0 Å². The van der Waals surface area contributed by atoms with E-state index in [1.165, 1.54) is 6.07 Å². The predicted octanol–water partition coefficient (Wildman–Crippen LogP) is 5.08. The zero-order valence-electron chi connectivity index (χ0n) is 13.1. The summed E-state index contributed by atoms with van der Waals surface area (Å²) in [5.74, 6) is 0.659. The fourth-order valence-corrected chi connectivity index (χ4v) is 3.39. The maximum atomic E-state index is 14.3. The van der Waals surface area contributed by atoms with Gasteiger partial charge in [-0.2, -0.15) is 5.10 Å². The second kappa shape index (κ2) is 6.29. The Labute approximate surface area is 145 Å². The normalized spacial score (nSPS) is 13.9. The Kier molecular flexibility index (Phi) is 3.98. The largest absolute Gasteiger partial charge is 0.370 e. The van der Waals surface area contributed by atoms with Gasteiger partial charge >= 0.3 is 0 Å². The highest BCUT2D eigenvalue weighted by atomic mass is 35.5. The molecule has 4 rings (SSSR count). The molecule has 1 aliphatic heterocycles. The second-order valence-electron chi connectivity index (χ2n) is 5.90. The van der Waals surface area contributed by atoms with Gasteiger partial charge in [0.15, 0.2) is 0 Å². The van der Waals surface area contributed by atoms with Crippen LogP contribution in [0, 0.1) is 5.82 Å². The first kappa shape index (κ1) is 15.2. The van der Waals surface area contributed by atoms with Gasteiger partial charge < -0.3 is 5.32 Å². The van der Waals surface area contributed by atoms with E-state index in [4.69, 9.17) is 16.7 Å². The quantitative estimate of drug-likeness (QED) is 0.704. The van der Waals surface area contributed by atoms with E-state index in [1.807, 2.05) is 35.0 Å². The average molecular weight is 342 g/mol. The van der Waals surface area contributed by atoms with Gasteiger partial charge in [-0.05, 0) is 43.5 Å². The van der Waals surface area contributed by atoms with Crippen LogP contribution < -0.4 is 5.32 Å². The molecule has 0 aliphatic carbocycles. The summed E-state index contributed by atoms with van der Waals surface area (Å²) in [6, 6.07) is 14.4. The van der Waals surface area contributed by atoms with Crippen LogP contribution in [-0.2, 0) is 6.42 Å². The van der Waals surface area contributed by atoms with Crippen LogP contribution in [0.2, 0.25) is 5.02 Å². The summed E-state index contributed by atoms with van der Waals surface area (Å²) in [5, 5.41) is 8.79. The summed E-state index contributed by atoms with van der Waals surface area (Å²) in [6.07, 6.45) is 3.00. The molecule has 0 saturated carbocycles. The standard InChI is InChI=1S/C19H17ClFN3/c20-15-9-2-4-11-17(15)24-19-14(8-5-6-12-22-19)18(23-24)13-7-1-3-10-16(13)21/h1-4,7,9-11,22H,5-6,8,12H2. The molecule has 24 heavy (non-hydrogen) atoms. The fraction of sp³-hybridized carbons (Fsp3) is 0.211. The molecular weight excluding hydrogens is 325 g/mol. The molecule has 0 radical (unpaired) electrons. The number of aromatic nitrogens is 2. The summed E-state index contributed by atoms with van der Waals surface area (Å²) in [4.78, 5) is 0. The number of rotatable bonds is 2. The smallest absolute Gasteiger partial charge is 0.133 e. The van der Waals surface area contributed by atoms with Crippen LogP contribution in [0.5, 0.6) is 0 Å². The third kappa shape index (κ3) is 2.57. The molecule has 0 unspecified atom stereocenters. The van der Waals surface area contributed by atoms with Gasteiger partial charge in [0.05, 0.1) is 10.7 Å². The molecule has 1 aromatic heterocycles. The Morgan fingerprint density at radius 1 is 1.04 bits per heavy atom. The molecule has 0 fully saturated rings. The predicted molar refractivity (Wildman–Crippen MR) is 95.4 cm³/mol. The summed E-state index contributed by atoms with van der Waals surface area (Å²) in [7, 11) is 0. The van der Waals surface area contributed by atoms with Crippen molar-refractivity contribution in [2.75, 3.05) is 11.9 Å². The molecule has 0 amide bonds. The number of benzene rings is 2. The lowest BCUT2D eigenvalue weighted by atomic mass is 10.0. The van der Waals surface area contributed by atoms with Crippen LogP contribution in [0.1, 0.15) is 18.4 Å². The lowest BCUT2D eigenvalue weighted by Gasteiger charge is -2.10. The minimum Gasteiger partial charge on any atom is -0.370 e. The molecule has 1 N–H and O–H groups in total. The average Bonchev–Trinajstić information content (AvgIpc) is 2.78. The van der Waals surface area contributed by atoms with Gasteiger partial charge in [-0.3, -0.25) is 0 Å². The summed E-state index contributed by atoms with van der Waals surface area (Å²) in [6.45, 7) is 0.875. The van der Waals surface area contributed by atoms with E-state index >= 15 is 0 Å². The Balaban J connectivity index is 1.96. The third-order valence-corrected chi connectivity index (χ3v) is 4.66. The molecule has 3 nitrogen and oxygen atoms in total. The van der Waals surface area contributed by atoms with Crippen molar-refractivity contribution in [1.82, 2.24) is 9.78 Å². The molecule has 0 spiro atoms. The van der Waals surface area contributed by atoms with E-state index in [0.717, 1.165) is 42.9 Å². The lowest BCUT2D eigenvalue weighted by molar-refractivity contribution is 0.630. The van der Waals surface area contributed by atoms with Crippen LogP contribution in [0.4, 0.5) is 10.2 Å². The highest BCUT2D eigenvalue weighted by Crippen LogP contribution is 2.36. The van der Waals surface area contributed by atoms with E-state index in [1.54, 1.807) is 12.1 Å². The number of nitrogens with one attached hydrogen (secondary N) is 1. The Hall–Kier alpha value is -2.33. The van der Waals surface area contributed by atoms with Crippen molar-refractivity contribution >= 4 is 17.4 Å². The lowest BCUT2D eigenvalue weighted by Crippen LogP contribution is -2.07. The number of halogens is 2. The molecular formula is C19H17ClFN3. The number of fused-ring (bicyclic) bond motifs is 1. The molecule has 0 bridgehead atoms. The summed E-state index contributed by atoms with van der Waals surface area (Å²) >= 11 is 6.37. The Morgan fingerprint density at radius 2 is 1.83 bits per heavy atom. The topological polar surface area (TPSA) is 29.9 Å². The van der Waals surface area contributed by atoms with E-state index in [-0.39, 0.29) is 5.82 Å². The van der Waals surface area contributed by atoms with Gasteiger partial charge in [-0.1, -0.05) is 35.9 Å². The van der Waals surface area contributed by atoms with Crippen LogP contribution in [0.15, 0.2) is 48.5 Å². The first-order chi connectivity index (χ1) is 11.8. The molecule has 2 heterocycles. The zero-order valence-corrected chi connectivity index (χ0v) is 13.9. The van der Waals surface area contributed by atoms with Crippen LogP contribution in [0.3, 0.4) is 0 Å². The number of hydrogen-bond donors (Lipinski definition) is 1. The van der Waals surface area contributed by atoms with Crippen molar-refractivity contribution in [1.29, 1.82) is 0 Å². The van der Waals surface area contributed by atoms with Crippen LogP contribution in [-0.4, -0.2) is 16.3 Å². The SMILES string of the molecule is Fc1ccccc1-c1nn(-c2ccccc2Cl)c2c1CCCCN2. The number of nitrogens with zero attached hydrogens (tertiary/aromatic N) is 2. The highest BCUT2D eigenvalue weighted by Gasteiger charge is 2.23. The van der Waals surface area contributed by atoms with Crippen LogP contribution in [0.25, 0.3) is 16.9 Å². The van der Waals surface area contributed by atoms with Crippen molar-refractivity contribution in [3.8, 4) is 16.9 Å². The van der Waals surface area contributed by atoms with Gasteiger partial charge in [0, 0.05) is 17.7 Å². The van der Waals surface area contributed by atoms with Gasteiger partial charge in [-0.25, -0.2) is 9.07 Å². The summed E-state index contributed by atoms with van der Waals surface area (Å²) in [5.41, 5.74) is 3.07. The van der Waals surface area contributed by atoms with Crippen molar-refractivity contribution in [2.45, 2.75) is 19.3 Å². The van der Waals surface area contributed by atoms with Gasteiger partial charge in [0.1, 0.15) is 17.3 Å². The van der Waals surface area contributed by atoms with Gasteiger partial charge in [0.2, 0.25) is 0 Å². The minimum absolute atomic E-state index is 0.256. The van der Waals surface area contributed by atoms with Crippen LogP contribution >= 0.6 is 11.6 Å². The highest BCUT2D eigenvalue weighted by molar-refractivity contribution is 6.32. The van der Waals surface area contributed by atoms with E-state index in [2.05, 4.69) is 5.32 Å². The molecule has 1 aliphatic rings. The van der Waals surface area contributed by atoms with Gasteiger partial charge in [-0.15, -0.1) is 0 Å². The number of anilines is 1. The number of para-hydroxylation sites is 1. The first-order valence-electron chi connectivity index (χ1n) is 8.11. The van der Waals surface area contributed by atoms with Crippen molar-refractivity contribution in [2.24, 2.45) is 0 Å². The maximum absolute atomic E-state index is 14.3. The molecule has 2 aromatic carbocycles. The number of hydrogen-bond acceptors (Lipinski definition) is 2. The summed E-state index contributed by atoms with van der Waals surface area (Å²) < 4.78 is 16.2. The van der Waals surface area contributed by atoms with E-state index in [0.29, 0.717) is 16.3 Å². The molecule has 3 aromatic rings. The first-order valence-corrected chi connectivity index (χ1v) is 8.49. The molecule has 122 valence electrons. The second-order valence-corrected chi connectivity index (χ2v) is 6.31. The fourth-order valence-electron chi connectivity index (χ4n) is 3.17. The Morgan fingerprint density at radius 3 is 2.67 bits per heavy atom. The molecule has 5 heteroatoms.